The Morgan fingerprint density at radius 3 is 0.969 bits per heavy atom. The molecule has 2 aromatic heterocycles. The molecule has 0 bridgehead atoms. The summed E-state index contributed by atoms with van der Waals surface area (Å²) in [6.45, 7) is 4.51. The highest BCUT2D eigenvalue weighted by atomic mass is 32.2. The molecule has 0 aliphatic carbocycles. The predicted octanol–water partition coefficient (Wildman–Crippen LogP) is 18.1. The third-order valence-electron chi connectivity index (χ3n) is 12.9. The highest BCUT2D eigenvalue weighted by molar-refractivity contribution is 7.92. The van der Waals surface area contributed by atoms with Crippen molar-refractivity contribution in [1.29, 1.82) is 0 Å². The summed E-state index contributed by atoms with van der Waals surface area (Å²) in [6.07, 6.45) is 28.0. The lowest BCUT2D eigenvalue weighted by molar-refractivity contribution is 0.545. The van der Waals surface area contributed by atoms with Gasteiger partial charge in [-0.2, -0.15) is 0 Å². The highest BCUT2D eigenvalue weighted by Crippen LogP contribution is 2.49. The van der Waals surface area contributed by atoms with E-state index in [2.05, 4.69) is 74.5 Å². The number of rotatable bonds is 31. The molecule has 0 aliphatic heterocycles. The average molecular weight is 939 g/mol. The SMILES string of the molecule is CCCCCCCCCCCCCCS(=O)(=O)c1cc(-c2ccc3ccccc3c2)sc1-c1sc(-c2ccc3ccccc3c2)cc1S(=O)(=O)CCCCCCCCCCCCCC. The number of benzene rings is 4. The molecule has 0 atom stereocenters. The van der Waals surface area contributed by atoms with Crippen molar-refractivity contribution in [1.82, 2.24) is 0 Å². The van der Waals surface area contributed by atoms with E-state index in [1.807, 2.05) is 36.4 Å². The van der Waals surface area contributed by atoms with Crippen LogP contribution >= 0.6 is 22.7 Å². The lowest BCUT2D eigenvalue weighted by atomic mass is 10.1. The Morgan fingerprint density at radius 2 is 0.641 bits per heavy atom. The van der Waals surface area contributed by atoms with Crippen molar-refractivity contribution >= 4 is 63.9 Å². The normalized spacial score (nSPS) is 12.2. The van der Waals surface area contributed by atoms with E-state index in [-0.39, 0.29) is 21.3 Å². The number of unbranched alkanes of at least 4 members (excludes halogenated alkanes) is 22. The minimum absolute atomic E-state index is 0.0508. The molecule has 0 saturated carbocycles. The first-order chi connectivity index (χ1) is 31.2. The van der Waals surface area contributed by atoms with E-state index in [1.54, 1.807) is 0 Å². The Morgan fingerprint density at radius 1 is 0.344 bits per heavy atom. The van der Waals surface area contributed by atoms with Gasteiger partial charge in [-0.1, -0.05) is 228 Å². The van der Waals surface area contributed by atoms with Crippen molar-refractivity contribution in [3.05, 3.63) is 97.1 Å². The maximum atomic E-state index is 14.6. The summed E-state index contributed by atoms with van der Waals surface area (Å²) in [4.78, 5) is 3.28. The monoisotopic (exact) mass is 938 g/mol. The average Bonchev–Trinajstić information content (AvgIpc) is 3.97. The fourth-order valence-electron chi connectivity index (χ4n) is 8.98. The van der Waals surface area contributed by atoms with Crippen LogP contribution in [0.25, 0.3) is 52.2 Å². The smallest absolute Gasteiger partial charge is 0.179 e. The van der Waals surface area contributed by atoms with Crippen molar-refractivity contribution in [2.75, 3.05) is 11.5 Å². The first kappa shape index (κ1) is 50.1. The zero-order valence-electron chi connectivity index (χ0n) is 38.9. The van der Waals surface area contributed by atoms with Gasteiger partial charge in [0.25, 0.3) is 0 Å². The maximum Gasteiger partial charge on any atom is 0.179 e. The number of fused-ring (bicyclic) bond motifs is 2. The maximum absolute atomic E-state index is 14.6. The Balaban J connectivity index is 1.24. The largest absolute Gasteiger partial charge is 0.224 e. The fraction of sp³-hybridized carbons (Fsp3) is 0.500. The summed E-state index contributed by atoms with van der Waals surface area (Å²) in [5.41, 5.74) is 1.87. The number of sulfone groups is 2. The minimum atomic E-state index is -3.75. The van der Waals surface area contributed by atoms with E-state index in [0.717, 1.165) is 81.0 Å². The molecule has 0 unspecified atom stereocenters. The van der Waals surface area contributed by atoms with Gasteiger partial charge in [0.1, 0.15) is 0 Å². The van der Waals surface area contributed by atoms with Gasteiger partial charge in [0.05, 0.1) is 31.1 Å². The van der Waals surface area contributed by atoms with E-state index >= 15 is 0 Å². The lowest BCUT2D eigenvalue weighted by Gasteiger charge is -2.09. The van der Waals surface area contributed by atoms with E-state index in [0.29, 0.717) is 22.6 Å². The zero-order valence-corrected chi connectivity index (χ0v) is 42.2. The van der Waals surface area contributed by atoms with Gasteiger partial charge in [0.2, 0.25) is 0 Å². The molecule has 2 heterocycles. The van der Waals surface area contributed by atoms with Crippen LogP contribution in [0.1, 0.15) is 168 Å². The second kappa shape index (κ2) is 26.1. The molecule has 64 heavy (non-hydrogen) atoms. The van der Waals surface area contributed by atoms with E-state index in [4.69, 9.17) is 0 Å². The lowest BCUT2D eigenvalue weighted by Crippen LogP contribution is -2.09. The summed E-state index contributed by atoms with van der Waals surface area (Å²) in [5, 5.41) is 4.40. The second-order valence-electron chi connectivity index (χ2n) is 18.1. The molecule has 4 nitrogen and oxygen atoms in total. The third kappa shape index (κ3) is 14.9. The van der Waals surface area contributed by atoms with Gasteiger partial charge in [0.15, 0.2) is 19.7 Å². The molecule has 0 N–H and O–H groups in total. The van der Waals surface area contributed by atoms with Gasteiger partial charge in [-0.05, 0) is 69.8 Å². The number of hydrogen-bond donors (Lipinski definition) is 0. The van der Waals surface area contributed by atoms with Crippen LogP contribution in [0.2, 0.25) is 0 Å². The summed E-state index contributed by atoms with van der Waals surface area (Å²) in [5.74, 6) is 0.102. The van der Waals surface area contributed by atoms with Crippen LogP contribution in [0.15, 0.2) is 107 Å². The number of thiophene rings is 2. The Labute approximate surface area is 395 Å². The van der Waals surface area contributed by atoms with Crippen LogP contribution < -0.4 is 0 Å². The zero-order chi connectivity index (χ0) is 45.0. The molecule has 0 aliphatic rings. The van der Waals surface area contributed by atoms with Crippen LogP contribution in [0, 0.1) is 0 Å². The molecule has 0 fully saturated rings. The van der Waals surface area contributed by atoms with E-state index < -0.39 is 19.7 Å². The van der Waals surface area contributed by atoms with Gasteiger partial charge in [-0.25, -0.2) is 16.8 Å². The van der Waals surface area contributed by atoms with Crippen LogP contribution in [0.5, 0.6) is 0 Å². The van der Waals surface area contributed by atoms with Crippen molar-refractivity contribution in [2.24, 2.45) is 0 Å². The molecule has 0 spiro atoms. The van der Waals surface area contributed by atoms with E-state index in [9.17, 15) is 16.8 Å². The molecule has 6 aromatic rings. The van der Waals surface area contributed by atoms with Crippen LogP contribution in [0.4, 0.5) is 0 Å². The first-order valence-electron chi connectivity index (χ1n) is 24.9. The van der Waals surface area contributed by atoms with Gasteiger partial charge in [0, 0.05) is 9.75 Å². The molecule has 6 rings (SSSR count). The topological polar surface area (TPSA) is 68.3 Å². The summed E-state index contributed by atoms with van der Waals surface area (Å²) in [6, 6.07) is 32.6. The van der Waals surface area contributed by atoms with Crippen LogP contribution in [-0.4, -0.2) is 28.3 Å². The van der Waals surface area contributed by atoms with Gasteiger partial charge < -0.3 is 0 Å². The minimum Gasteiger partial charge on any atom is -0.224 e. The molecular weight excluding hydrogens is 865 g/mol. The predicted molar refractivity (Wildman–Crippen MR) is 280 cm³/mol. The van der Waals surface area contributed by atoms with E-state index in [1.165, 1.54) is 125 Å². The van der Waals surface area contributed by atoms with Crippen molar-refractivity contribution in [3.63, 3.8) is 0 Å². The fourth-order valence-corrected chi connectivity index (χ4v) is 15.5. The molecule has 0 radical (unpaired) electrons. The standard InChI is InChI=1S/C56H74O4S4/c1-3-5-7-9-11-13-15-17-19-21-23-29-39-63(57,58)53-43-51(49-37-35-45-31-25-27-33-47(45)41-49)61-55(53)56-54(44-52(62-56)50-38-36-46-32-26-28-34-48(46)42-50)64(59,60)40-30-24-22-20-18-16-14-12-10-8-6-4-2/h25-28,31-38,41-44H,3-24,29-30,39-40H2,1-2H3. The first-order valence-corrected chi connectivity index (χ1v) is 29.9. The molecular formula is C56H74O4S4. The summed E-state index contributed by atoms with van der Waals surface area (Å²) < 4.78 is 58.4. The molecule has 0 saturated heterocycles. The van der Waals surface area contributed by atoms with Crippen molar-refractivity contribution in [3.8, 4) is 30.6 Å². The third-order valence-corrected chi connectivity index (χ3v) is 19.3. The molecule has 4 aromatic carbocycles. The molecule has 8 heteroatoms. The summed E-state index contributed by atoms with van der Waals surface area (Å²) in [7, 11) is -7.49. The van der Waals surface area contributed by atoms with Crippen molar-refractivity contribution in [2.45, 2.75) is 178 Å². The Hall–Kier alpha value is -3.30. The van der Waals surface area contributed by atoms with Gasteiger partial charge in [-0.15, -0.1) is 22.7 Å². The Bertz CT molecular complexity index is 2370. The summed E-state index contributed by atoms with van der Waals surface area (Å²) >= 11 is 2.83. The quantitative estimate of drug-likeness (QED) is 0.0407. The van der Waals surface area contributed by atoms with Crippen LogP contribution in [0.3, 0.4) is 0 Å². The van der Waals surface area contributed by atoms with Gasteiger partial charge in [-0.3, -0.25) is 0 Å². The van der Waals surface area contributed by atoms with Gasteiger partial charge >= 0.3 is 0 Å². The van der Waals surface area contributed by atoms with Crippen molar-refractivity contribution < 1.29 is 16.8 Å². The molecule has 0 amide bonds. The second-order valence-corrected chi connectivity index (χ2v) is 24.4. The Kier molecular flexibility index (Phi) is 20.5. The molecule has 346 valence electrons. The highest BCUT2D eigenvalue weighted by Gasteiger charge is 2.30. The number of hydrogen-bond acceptors (Lipinski definition) is 6. The van der Waals surface area contributed by atoms with Crippen LogP contribution in [-0.2, 0) is 19.7 Å².